The Morgan fingerprint density at radius 1 is 1.26 bits per heavy atom. The van der Waals surface area contributed by atoms with Crippen LogP contribution < -0.4 is 10.1 Å². The van der Waals surface area contributed by atoms with Crippen molar-refractivity contribution in [2.75, 3.05) is 39.3 Å². The third kappa shape index (κ3) is 4.33. The lowest BCUT2D eigenvalue weighted by molar-refractivity contribution is 0.0960. The lowest BCUT2D eigenvalue weighted by Gasteiger charge is -2.26. The number of rotatable bonds is 6. The van der Waals surface area contributed by atoms with Crippen molar-refractivity contribution in [1.82, 2.24) is 10.2 Å². The zero-order chi connectivity index (χ0) is 13.5. The van der Waals surface area contributed by atoms with Crippen LogP contribution in [-0.4, -0.2) is 50.0 Å². The molecule has 104 valence electrons. The van der Waals surface area contributed by atoms with E-state index in [1.54, 1.807) is 0 Å². The van der Waals surface area contributed by atoms with Gasteiger partial charge in [-0.2, -0.15) is 0 Å². The van der Waals surface area contributed by atoms with E-state index in [2.05, 4.69) is 10.2 Å². The number of nitrogens with one attached hydrogen (secondary N) is 1. The van der Waals surface area contributed by atoms with Gasteiger partial charge in [0, 0.05) is 44.7 Å². The predicted molar refractivity (Wildman–Crippen MR) is 75.9 cm³/mol. The first-order chi connectivity index (χ1) is 9.29. The van der Waals surface area contributed by atoms with E-state index in [1.807, 2.05) is 31.2 Å². The Kier molecular flexibility index (Phi) is 5.36. The molecule has 0 spiro atoms. The summed E-state index contributed by atoms with van der Waals surface area (Å²) >= 11 is 0. The molecule has 0 amide bonds. The second-order valence-corrected chi connectivity index (χ2v) is 4.72. The van der Waals surface area contributed by atoms with Gasteiger partial charge < -0.3 is 15.0 Å². The molecule has 0 saturated carbocycles. The van der Waals surface area contributed by atoms with Crippen LogP contribution in [0.2, 0.25) is 0 Å². The van der Waals surface area contributed by atoms with E-state index in [0.717, 1.165) is 44.0 Å². The van der Waals surface area contributed by atoms with E-state index in [-0.39, 0.29) is 5.78 Å². The van der Waals surface area contributed by atoms with Crippen LogP contribution in [0.3, 0.4) is 0 Å². The Morgan fingerprint density at radius 2 is 1.95 bits per heavy atom. The molecule has 1 N–H and O–H groups in total. The van der Waals surface area contributed by atoms with Gasteiger partial charge in [0.2, 0.25) is 0 Å². The van der Waals surface area contributed by atoms with Gasteiger partial charge in [-0.05, 0) is 31.2 Å². The van der Waals surface area contributed by atoms with Gasteiger partial charge in [-0.1, -0.05) is 0 Å². The highest BCUT2D eigenvalue weighted by Crippen LogP contribution is 2.13. The van der Waals surface area contributed by atoms with E-state index in [1.165, 1.54) is 0 Å². The van der Waals surface area contributed by atoms with Crippen molar-refractivity contribution in [3.63, 3.8) is 0 Å². The number of nitrogens with zero attached hydrogens (tertiary/aromatic N) is 1. The number of Topliss-reactive ketones (excluding diaryl/α,β-unsaturated/α-hetero) is 1. The molecule has 2 rings (SSSR count). The van der Waals surface area contributed by atoms with Crippen LogP contribution in [0, 0.1) is 0 Å². The van der Waals surface area contributed by atoms with Crippen molar-refractivity contribution in [3.8, 4) is 5.75 Å². The van der Waals surface area contributed by atoms with Crippen molar-refractivity contribution in [2.24, 2.45) is 0 Å². The van der Waals surface area contributed by atoms with Crippen molar-refractivity contribution in [2.45, 2.75) is 13.3 Å². The Bertz CT molecular complexity index is 397. The van der Waals surface area contributed by atoms with Crippen LogP contribution >= 0.6 is 0 Å². The van der Waals surface area contributed by atoms with Gasteiger partial charge in [0.1, 0.15) is 5.75 Å². The monoisotopic (exact) mass is 262 g/mol. The largest absolute Gasteiger partial charge is 0.494 e. The average Bonchev–Trinajstić information content (AvgIpc) is 2.47. The fourth-order valence-corrected chi connectivity index (χ4v) is 2.24. The van der Waals surface area contributed by atoms with Crippen molar-refractivity contribution in [3.05, 3.63) is 29.8 Å². The molecule has 0 radical (unpaired) electrons. The highest BCUT2D eigenvalue weighted by molar-refractivity contribution is 5.96. The van der Waals surface area contributed by atoms with Crippen LogP contribution in [0.1, 0.15) is 23.7 Å². The first-order valence-corrected chi connectivity index (χ1v) is 6.98. The number of carbonyl (C=O) groups excluding carboxylic acids is 1. The summed E-state index contributed by atoms with van der Waals surface area (Å²) in [5, 5.41) is 3.31. The molecule has 1 aromatic carbocycles. The second-order valence-electron chi connectivity index (χ2n) is 4.72. The van der Waals surface area contributed by atoms with E-state index < -0.39 is 0 Å². The third-order valence-corrected chi connectivity index (χ3v) is 3.35. The molecule has 0 bridgehead atoms. The summed E-state index contributed by atoms with van der Waals surface area (Å²) in [6, 6.07) is 7.43. The van der Waals surface area contributed by atoms with Crippen LogP contribution in [0.5, 0.6) is 5.75 Å². The molecular formula is C15H22N2O2. The molecule has 0 aliphatic carbocycles. The average molecular weight is 262 g/mol. The van der Waals surface area contributed by atoms with Gasteiger partial charge in [-0.25, -0.2) is 0 Å². The summed E-state index contributed by atoms with van der Waals surface area (Å²) in [5.74, 6) is 1.03. The normalized spacial score (nSPS) is 16.3. The minimum absolute atomic E-state index is 0.210. The fourth-order valence-electron chi connectivity index (χ4n) is 2.24. The van der Waals surface area contributed by atoms with E-state index >= 15 is 0 Å². The standard InChI is InChI=1S/C15H22N2O2/c1-2-19-14-5-3-13(4-6-14)15(18)7-10-17-11-8-16-9-12-17/h3-6,16H,2,7-12H2,1H3. The number of carbonyl (C=O) groups is 1. The molecule has 1 fully saturated rings. The molecule has 4 nitrogen and oxygen atoms in total. The van der Waals surface area contributed by atoms with Gasteiger partial charge in [-0.15, -0.1) is 0 Å². The number of hydrogen-bond donors (Lipinski definition) is 1. The van der Waals surface area contributed by atoms with E-state index in [0.29, 0.717) is 13.0 Å². The third-order valence-electron chi connectivity index (χ3n) is 3.35. The Hall–Kier alpha value is -1.39. The van der Waals surface area contributed by atoms with Crippen LogP contribution in [0.15, 0.2) is 24.3 Å². The highest BCUT2D eigenvalue weighted by atomic mass is 16.5. The molecule has 0 aromatic heterocycles. The molecule has 0 atom stereocenters. The topological polar surface area (TPSA) is 41.6 Å². The molecule has 19 heavy (non-hydrogen) atoms. The fraction of sp³-hybridized carbons (Fsp3) is 0.533. The minimum atomic E-state index is 0.210. The summed E-state index contributed by atoms with van der Waals surface area (Å²) < 4.78 is 5.37. The SMILES string of the molecule is CCOc1ccc(C(=O)CCN2CCNCC2)cc1. The number of benzene rings is 1. The lowest BCUT2D eigenvalue weighted by atomic mass is 10.1. The Balaban J connectivity index is 1.81. The van der Waals surface area contributed by atoms with Crippen LogP contribution in [0.4, 0.5) is 0 Å². The van der Waals surface area contributed by atoms with E-state index in [4.69, 9.17) is 4.74 Å². The zero-order valence-corrected chi connectivity index (χ0v) is 11.5. The lowest BCUT2D eigenvalue weighted by Crippen LogP contribution is -2.44. The van der Waals surface area contributed by atoms with Gasteiger partial charge in [-0.3, -0.25) is 4.79 Å². The summed E-state index contributed by atoms with van der Waals surface area (Å²) in [6.07, 6.45) is 0.591. The quantitative estimate of drug-likeness (QED) is 0.790. The number of piperazine rings is 1. The number of ketones is 1. The van der Waals surface area contributed by atoms with Crippen LogP contribution in [0.25, 0.3) is 0 Å². The van der Waals surface area contributed by atoms with Crippen molar-refractivity contribution < 1.29 is 9.53 Å². The van der Waals surface area contributed by atoms with Gasteiger partial charge in [0.05, 0.1) is 6.61 Å². The van der Waals surface area contributed by atoms with Gasteiger partial charge >= 0.3 is 0 Å². The molecule has 1 heterocycles. The van der Waals surface area contributed by atoms with Crippen molar-refractivity contribution in [1.29, 1.82) is 0 Å². The van der Waals surface area contributed by atoms with E-state index in [9.17, 15) is 4.79 Å². The zero-order valence-electron chi connectivity index (χ0n) is 11.5. The van der Waals surface area contributed by atoms with Crippen LogP contribution in [-0.2, 0) is 0 Å². The summed E-state index contributed by atoms with van der Waals surface area (Å²) in [4.78, 5) is 14.4. The molecule has 1 aliphatic rings. The molecule has 1 saturated heterocycles. The first-order valence-electron chi connectivity index (χ1n) is 6.98. The number of ether oxygens (including phenoxy) is 1. The number of hydrogen-bond acceptors (Lipinski definition) is 4. The molecular weight excluding hydrogens is 240 g/mol. The minimum Gasteiger partial charge on any atom is -0.494 e. The maximum atomic E-state index is 12.1. The smallest absolute Gasteiger partial charge is 0.164 e. The molecule has 1 aliphatic heterocycles. The summed E-state index contributed by atoms with van der Waals surface area (Å²) in [6.45, 7) is 7.58. The van der Waals surface area contributed by atoms with Crippen molar-refractivity contribution >= 4 is 5.78 Å². The van der Waals surface area contributed by atoms with Gasteiger partial charge in [0.15, 0.2) is 5.78 Å². The molecule has 4 heteroatoms. The van der Waals surface area contributed by atoms with Gasteiger partial charge in [0.25, 0.3) is 0 Å². The molecule has 1 aromatic rings. The Labute approximate surface area is 114 Å². The summed E-state index contributed by atoms with van der Waals surface area (Å²) in [7, 11) is 0. The predicted octanol–water partition coefficient (Wildman–Crippen LogP) is 1.56. The second kappa shape index (κ2) is 7.26. The maximum absolute atomic E-state index is 12.1. The Morgan fingerprint density at radius 3 is 2.58 bits per heavy atom. The maximum Gasteiger partial charge on any atom is 0.164 e. The first kappa shape index (κ1) is 14.0. The molecule has 0 unspecified atom stereocenters. The highest BCUT2D eigenvalue weighted by Gasteiger charge is 2.12. The summed E-state index contributed by atoms with van der Waals surface area (Å²) in [5.41, 5.74) is 0.776.